The molecule has 0 aliphatic carbocycles. The van der Waals surface area contributed by atoms with E-state index < -0.39 is 10.0 Å². The molecule has 0 radical (unpaired) electrons. The first kappa shape index (κ1) is 15.8. The van der Waals surface area contributed by atoms with Gasteiger partial charge in [0.2, 0.25) is 10.0 Å². The van der Waals surface area contributed by atoms with Gasteiger partial charge in [-0.2, -0.15) is 4.31 Å². The molecule has 1 fully saturated rings. The highest BCUT2D eigenvalue weighted by atomic mass is 32.2. The molecule has 5 nitrogen and oxygen atoms in total. The Morgan fingerprint density at radius 3 is 3.05 bits per heavy atom. The smallest absolute Gasteiger partial charge is 0.243 e. The molecule has 2 heterocycles. The molecule has 0 amide bonds. The van der Waals surface area contributed by atoms with E-state index in [9.17, 15) is 8.42 Å². The Morgan fingerprint density at radius 2 is 2.23 bits per heavy atom. The van der Waals surface area contributed by atoms with E-state index in [1.165, 1.54) is 0 Å². The quantitative estimate of drug-likeness (QED) is 0.914. The maximum Gasteiger partial charge on any atom is 0.243 e. The third-order valence-electron chi connectivity index (χ3n) is 4.49. The average molecular weight is 324 g/mol. The molecular formula is C16H24N2O3S. The van der Waals surface area contributed by atoms with Crippen molar-refractivity contribution < 1.29 is 13.2 Å². The molecule has 2 aliphatic heterocycles. The van der Waals surface area contributed by atoms with E-state index in [0.29, 0.717) is 23.9 Å². The maximum absolute atomic E-state index is 12.9. The van der Waals surface area contributed by atoms with E-state index in [0.717, 1.165) is 50.1 Å². The van der Waals surface area contributed by atoms with E-state index in [-0.39, 0.29) is 0 Å². The van der Waals surface area contributed by atoms with Gasteiger partial charge < -0.3 is 10.1 Å². The zero-order valence-corrected chi connectivity index (χ0v) is 13.9. The first-order chi connectivity index (χ1) is 10.6. The second-order valence-electron chi connectivity index (χ2n) is 6.15. The molecule has 1 aromatic carbocycles. The van der Waals surface area contributed by atoms with E-state index in [2.05, 4.69) is 5.32 Å². The van der Waals surface area contributed by atoms with E-state index in [1.54, 1.807) is 22.5 Å². The Kier molecular flexibility index (Phi) is 4.70. The van der Waals surface area contributed by atoms with Crippen molar-refractivity contribution >= 4 is 10.0 Å². The van der Waals surface area contributed by atoms with Crippen molar-refractivity contribution in [2.24, 2.45) is 5.92 Å². The third-order valence-corrected chi connectivity index (χ3v) is 6.35. The van der Waals surface area contributed by atoms with Crippen LogP contribution in [0.25, 0.3) is 0 Å². The minimum Gasteiger partial charge on any atom is -0.493 e. The normalized spacial score (nSPS) is 22.9. The zero-order valence-electron chi connectivity index (χ0n) is 13.0. The predicted octanol–water partition coefficient (Wildman–Crippen LogP) is 1.63. The standard InChI is InChI=1S/C16H24N2O3S/c1-17-11-13-4-2-8-18(12-13)22(19,20)15-6-7-16-14(10-15)5-3-9-21-16/h6-7,10,13,17H,2-5,8-9,11-12H2,1H3. The lowest BCUT2D eigenvalue weighted by molar-refractivity contribution is 0.263. The van der Waals surface area contributed by atoms with Gasteiger partial charge in [-0.15, -0.1) is 0 Å². The predicted molar refractivity (Wildman–Crippen MR) is 85.7 cm³/mol. The van der Waals surface area contributed by atoms with Gasteiger partial charge in [0.05, 0.1) is 11.5 Å². The second-order valence-corrected chi connectivity index (χ2v) is 8.09. The number of sulfonamides is 1. The summed E-state index contributed by atoms with van der Waals surface area (Å²) in [6, 6.07) is 5.28. The summed E-state index contributed by atoms with van der Waals surface area (Å²) in [5, 5.41) is 3.15. The number of hydrogen-bond acceptors (Lipinski definition) is 4. The van der Waals surface area contributed by atoms with Crippen LogP contribution in [0.2, 0.25) is 0 Å². The lowest BCUT2D eigenvalue weighted by Crippen LogP contribution is -2.42. The highest BCUT2D eigenvalue weighted by Crippen LogP contribution is 2.30. The Balaban J connectivity index is 1.83. The van der Waals surface area contributed by atoms with Crippen molar-refractivity contribution in [2.75, 3.05) is 33.3 Å². The van der Waals surface area contributed by atoms with Crippen molar-refractivity contribution in [3.8, 4) is 5.75 Å². The average Bonchev–Trinajstić information content (AvgIpc) is 2.55. The molecule has 1 aromatic rings. The van der Waals surface area contributed by atoms with Gasteiger partial charge in [0.15, 0.2) is 0 Å². The van der Waals surface area contributed by atoms with Gasteiger partial charge in [0.1, 0.15) is 5.75 Å². The van der Waals surface area contributed by atoms with Crippen molar-refractivity contribution in [1.29, 1.82) is 0 Å². The number of fused-ring (bicyclic) bond motifs is 1. The van der Waals surface area contributed by atoms with E-state index in [1.807, 2.05) is 7.05 Å². The summed E-state index contributed by atoms with van der Waals surface area (Å²) in [5.74, 6) is 1.23. The molecule has 0 aromatic heterocycles. The van der Waals surface area contributed by atoms with Crippen LogP contribution < -0.4 is 10.1 Å². The lowest BCUT2D eigenvalue weighted by Gasteiger charge is -2.32. The van der Waals surface area contributed by atoms with Crippen molar-refractivity contribution in [3.63, 3.8) is 0 Å². The van der Waals surface area contributed by atoms with Gasteiger partial charge in [-0.1, -0.05) is 0 Å². The molecule has 6 heteroatoms. The Hall–Kier alpha value is -1.11. The van der Waals surface area contributed by atoms with Crippen molar-refractivity contribution in [2.45, 2.75) is 30.6 Å². The molecule has 3 rings (SSSR count). The topological polar surface area (TPSA) is 58.6 Å². The van der Waals surface area contributed by atoms with Gasteiger partial charge in [0.25, 0.3) is 0 Å². The lowest BCUT2D eigenvalue weighted by atomic mass is 10.00. The first-order valence-corrected chi connectivity index (χ1v) is 9.46. The maximum atomic E-state index is 12.9. The summed E-state index contributed by atoms with van der Waals surface area (Å²) in [6.07, 6.45) is 3.86. The monoisotopic (exact) mass is 324 g/mol. The molecule has 1 N–H and O–H groups in total. The first-order valence-electron chi connectivity index (χ1n) is 8.02. The minimum absolute atomic E-state index is 0.398. The van der Waals surface area contributed by atoms with Gasteiger partial charge >= 0.3 is 0 Å². The summed E-state index contributed by atoms with van der Waals surface area (Å²) in [4.78, 5) is 0.404. The number of benzene rings is 1. The van der Waals surface area contributed by atoms with Crippen LogP contribution in [0.3, 0.4) is 0 Å². The SMILES string of the molecule is CNCC1CCCN(S(=O)(=O)c2ccc3c(c2)CCCO3)C1. The highest BCUT2D eigenvalue weighted by molar-refractivity contribution is 7.89. The zero-order chi connectivity index (χ0) is 15.6. The van der Waals surface area contributed by atoms with Crippen LogP contribution in [-0.2, 0) is 16.4 Å². The second kappa shape index (κ2) is 6.56. The van der Waals surface area contributed by atoms with Crippen LogP contribution in [0.5, 0.6) is 5.75 Å². The molecular weight excluding hydrogens is 300 g/mol. The number of aryl methyl sites for hydroxylation is 1. The van der Waals surface area contributed by atoms with Crippen LogP contribution in [0.4, 0.5) is 0 Å². The summed E-state index contributed by atoms with van der Waals surface area (Å²) in [6.45, 7) is 2.81. The number of rotatable bonds is 4. The number of nitrogens with zero attached hydrogens (tertiary/aromatic N) is 1. The van der Waals surface area contributed by atoms with Crippen LogP contribution in [0.15, 0.2) is 23.1 Å². The molecule has 22 heavy (non-hydrogen) atoms. The fourth-order valence-corrected chi connectivity index (χ4v) is 4.95. The van der Waals surface area contributed by atoms with Gasteiger partial charge in [0, 0.05) is 13.1 Å². The molecule has 0 bridgehead atoms. The number of hydrogen-bond donors (Lipinski definition) is 1. The molecule has 0 spiro atoms. The van der Waals surface area contributed by atoms with Gasteiger partial charge in [-0.3, -0.25) is 0 Å². The minimum atomic E-state index is -3.40. The Morgan fingerprint density at radius 1 is 1.36 bits per heavy atom. The number of ether oxygens (including phenoxy) is 1. The molecule has 1 unspecified atom stereocenters. The fraction of sp³-hybridized carbons (Fsp3) is 0.625. The van der Waals surface area contributed by atoms with Crippen molar-refractivity contribution in [1.82, 2.24) is 9.62 Å². The van der Waals surface area contributed by atoms with Crippen LogP contribution >= 0.6 is 0 Å². The van der Waals surface area contributed by atoms with Gasteiger partial charge in [-0.25, -0.2) is 8.42 Å². The molecule has 1 atom stereocenters. The fourth-order valence-electron chi connectivity index (χ4n) is 3.35. The molecule has 0 saturated carbocycles. The summed E-state index contributed by atoms with van der Waals surface area (Å²) < 4.78 is 33.0. The van der Waals surface area contributed by atoms with Gasteiger partial charge in [-0.05, 0) is 69.0 Å². The Labute approximate surface area is 132 Å². The largest absolute Gasteiger partial charge is 0.493 e. The van der Waals surface area contributed by atoms with E-state index >= 15 is 0 Å². The number of piperidine rings is 1. The number of nitrogens with one attached hydrogen (secondary N) is 1. The summed E-state index contributed by atoms with van der Waals surface area (Å²) in [5.41, 5.74) is 1.01. The van der Waals surface area contributed by atoms with Crippen LogP contribution in [-0.4, -0.2) is 46.0 Å². The Bertz CT molecular complexity index is 628. The highest BCUT2D eigenvalue weighted by Gasteiger charge is 2.30. The summed E-state index contributed by atoms with van der Waals surface area (Å²) >= 11 is 0. The van der Waals surface area contributed by atoms with Crippen LogP contribution in [0.1, 0.15) is 24.8 Å². The molecule has 2 aliphatic rings. The van der Waals surface area contributed by atoms with E-state index in [4.69, 9.17) is 4.74 Å². The van der Waals surface area contributed by atoms with Crippen molar-refractivity contribution in [3.05, 3.63) is 23.8 Å². The molecule has 122 valence electrons. The third kappa shape index (κ3) is 3.14. The van der Waals surface area contributed by atoms with Crippen LogP contribution in [0, 0.1) is 5.92 Å². The molecule has 1 saturated heterocycles. The summed E-state index contributed by atoms with van der Waals surface area (Å²) in [7, 11) is -1.48.